The van der Waals surface area contributed by atoms with Crippen LogP contribution in [0.4, 0.5) is 0 Å². The molecule has 0 fully saturated rings. The molecule has 0 spiro atoms. The van der Waals surface area contributed by atoms with Gasteiger partial charge in [-0.3, -0.25) is 4.79 Å². The molecule has 1 aromatic carbocycles. The maximum Gasteiger partial charge on any atom is 0.220 e. The van der Waals surface area contributed by atoms with Gasteiger partial charge in [0, 0.05) is 34.4 Å². The van der Waals surface area contributed by atoms with Crippen molar-refractivity contribution in [2.45, 2.75) is 33.1 Å². The van der Waals surface area contributed by atoms with E-state index in [9.17, 15) is 4.79 Å². The summed E-state index contributed by atoms with van der Waals surface area (Å²) >= 11 is 12.0. The van der Waals surface area contributed by atoms with E-state index in [1.807, 2.05) is 19.9 Å². The number of carbonyl (C=O) groups is 1. The summed E-state index contributed by atoms with van der Waals surface area (Å²) in [5.41, 5.74) is 4.60. The van der Waals surface area contributed by atoms with Crippen LogP contribution in [0.2, 0.25) is 10.0 Å². The van der Waals surface area contributed by atoms with E-state index in [4.69, 9.17) is 28.5 Å². The first-order valence-electron chi connectivity index (χ1n) is 8.85. The lowest BCUT2D eigenvalue weighted by molar-refractivity contribution is -0.121. The van der Waals surface area contributed by atoms with Crippen LogP contribution < -0.4 is 5.32 Å². The topological polar surface area (TPSA) is 83.1 Å². The van der Waals surface area contributed by atoms with Crippen LogP contribution in [-0.2, 0) is 17.6 Å². The predicted octanol–water partition coefficient (Wildman–Crippen LogP) is 3.82. The molecule has 144 valence electrons. The van der Waals surface area contributed by atoms with Crippen molar-refractivity contribution in [3.63, 3.8) is 0 Å². The normalized spacial score (nSPS) is 10.8. The molecule has 0 bridgehead atoms. The minimum atomic E-state index is -0.0397. The smallest absolute Gasteiger partial charge is 0.220 e. The molecule has 0 saturated carbocycles. The lowest BCUT2D eigenvalue weighted by Crippen LogP contribution is -2.26. The highest BCUT2D eigenvalue weighted by Crippen LogP contribution is 2.21. The number of fused-ring (bicyclic) bond motifs is 1. The summed E-state index contributed by atoms with van der Waals surface area (Å²) in [5, 5.41) is 17.5. The Morgan fingerprint density at radius 3 is 2.79 bits per heavy atom. The molecule has 0 unspecified atom stereocenters. The molecule has 0 aliphatic carbocycles. The zero-order valence-corrected chi connectivity index (χ0v) is 17.1. The van der Waals surface area contributed by atoms with Crippen LogP contribution in [0, 0.1) is 25.2 Å². The summed E-state index contributed by atoms with van der Waals surface area (Å²) in [6, 6.07) is 7.44. The van der Waals surface area contributed by atoms with Crippen molar-refractivity contribution in [1.82, 2.24) is 19.9 Å². The van der Waals surface area contributed by atoms with Gasteiger partial charge in [-0.05, 0) is 49.9 Å². The first kappa shape index (κ1) is 20.1. The summed E-state index contributed by atoms with van der Waals surface area (Å²) in [4.78, 5) is 16.7. The van der Waals surface area contributed by atoms with Crippen LogP contribution in [-0.4, -0.2) is 27.0 Å². The van der Waals surface area contributed by atoms with E-state index in [1.54, 1.807) is 16.6 Å². The summed E-state index contributed by atoms with van der Waals surface area (Å²) < 4.78 is 1.65. The van der Waals surface area contributed by atoms with Crippen molar-refractivity contribution in [2.75, 3.05) is 6.54 Å². The molecule has 3 aromatic rings. The molecule has 0 aliphatic rings. The number of amides is 1. The van der Waals surface area contributed by atoms with Gasteiger partial charge in [0.2, 0.25) is 5.91 Å². The van der Waals surface area contributed by atoms with Crippen LogP contribution in [0.15, 0.2) is 24.4 Å². The molecule has 28 heavy (non-hydrogen) atoms. The molecule has 2 heterocycles. The minimum Gasteiger partial charge on any atom is -0.356 e. The fourth-order valence-corrected chi connectivity index (χ4v) is 3.64. The number of hydrogen-bond donors (Lipinski definition) is 1. The number of rotatable bonds is 6. The highest BCUT2D eigenvalue weighted by Gasteiger charge is 2.14. The molecular formula is C20H19Cl2N5O. The maximum absolute atomic E-state index is 12.2. The van der Waals surface area contributed by atoms with Gasteiger partial charge in [-0.25, -0.2) is 9.50 Å². The summed E-state index contributed by atoms with van der Waals surface area (Å²) in [5.74, 6) is -0.0397. The average molecular weight is 416 g/mol. The molecule has 1 amide bonds. The van der Waals surface area contributed by atoms with Crippen molar-refractivity contribution >= 4 is 34.8 Å². The number of carbonyl (C=O) groups excluding carboxylic acids is 1. The molecule has 3 rings (SSSR count). The van der Waals surface area contributed by atoms with Gasteiger partial charge < -0.3 is 5.32 Å². The molecule has 6 nitrogen and oxygen atoms in total. The number of benzene rings is 1. The molecule has 1 N–H and O–H groups in total. The van der Waals surface area contributed by atoms with Crippen LogP contribution in [0.3, 0.4) is 0 Å². The standard InChI is InChI=1S/C20H19Cl2N5O/c1-12-17(13(2)27-20(26-12)15(10-23)11-25-27)5-6-19(28)24-8-7-14-3-4-16(21)9-18(14)22/h3-4,9,11H,5-8H2,1-2H3,(H,24,28). The van der Waals surface area contributed by atoms with E-state index >= 15 is 0 Å². The molecule has 2 aromatic heterocycles. The largest absolute Gasteiger partial charge is 0.356 e. The van der Waals surface area contributed by atoms with Crippen molar-refractivity contribution in [3.05, 3.63) is 62.5 Å². The average Bonchev–Trinajstić information content (AvgIpc) is 3.06. The Balaban J connectivity index is 1.59. The van der Waals surface area contributed by atoms with Gasteiger partial charge in [0.25, 0.3) is 0 Å². The number of nitrogens with zero attached hydrogens (tertiary/aromatic N) is 4. The van der Waals surface area contributed by atoms with E-state index in [-0.39, 0.29) is 5.91 Å². The predicted molar refractivity (Wildman–Crippen MR) is 109 cm³/mol. The Kier molecular flexibility index (Phi) is 6.18. The first-order chi connectivity index (χ1) is 13.4. The van der Waals surface area contributed by atoms with Gasteiger partial charge in [0.05, 0.1) is 6.20 Å². The molecule has 0 radical (unpaired) electrons. The lowest BCUT2D eigenvalue weighted by Gasteiger charge is -2.11. The third-order valence-corrected chi connectivity index (χ3v) is 5.25. The van der Waals surface area contributed by atoms with Crippen LogP contribution >= 0.6 is 23.2 Å². The minimum absolute atomic E-state index is 0.0397. The Hall–Kier alpha value is -2.62. The summed E-state index contributed by atoms with van der Waals surface area (Å²) in [7, 11) is 0. The first-order valence-corrected chi connectivity index (χ1v) is 9.61. The van der Waals surface area contributed by atoms with E-state index in [0.29, 0.717) is 47.1 Å². The third-order valence-electron chi connectivity index (χ3n) is 4.66. The molecule has 0 atom stereocenters. The lowest BCUT2D eigenvalue weighted by atomic mass is 10.1. The van der Waals surface area contributed by atoms with Crippen molar-refractivity contribution < 1.29 is 4.79 Å². The zero-order valence-electron chi connectivity index (χ0n) is 15.6. The molecule has 0 saturated heterocycles. The van der Waals surface area contributed by atoms with Crippen molar-refractivity contribution in [1.29, 1.82) is 5.26 Å². The molecular weight excluding hydrogens is 397 g/mol. The Morgan fingerprint density at radius 2 is 2.07 bits per heavy atom. The van der Waals surface area contributed by atoms with E-state index in [1.165, 1.54) is 6.20 Å². The number of aryl methyl sites for hydroxylation is 2. The fraction of sp³-hybridized carbons (Fsp3) is 0.300. The van der Waals surface area contributed by atoms with Gasteiger partial charge in [0.1, 0.15) is 11.6 Å². The number of hydrogen-bond acceptors (Lipinski definition) is 4. The quantitative estimate of drug-likeness (QED) is 0.662. The number of nitriles is 1. The molecule has 8 heteroatoms. The third kappa shape index (κ3) is 4.27. The Labute approximate surface area is 173 Å². The van der Waals surface area contributed by atoms with Crippen molar-refractivity contribution in [3.8, 4) is 6.07 Å². The van der Waals surface area contributed by atoms with Crippen LogP contribution in [0.1, 0.15) is 34.5 Å². The Bertz CT molecular complexity index is 1080. The van der Waals surface area contributed by atoms with Crippen molar-refractivity contribution in [2.24, 2.45) is 0 Å². The maximum atomic E-state index is 12.2. The van der Waals surface area contributed by atoms with Gasteiger partial charge in [-0.1, -0.05) is 29.3 Å². The van der Waals surface area contributed by atoms with Crippen LogP contribution in [0.25, 0.3) is 5.65 Å². The van der Waals surface area contributed by atoms with Crippen LogP contribution in [0.5, 0.6) is 0 Å². The van der Waals surface area contributed by atoms with E-state index in [2.05, 4.69) is 21.5 Å². The Morgan fingerprint density at radius 1 is 1.29 bits per heavy atom. The highest BCUT2D eigenvalue weighted by atomic mass is 35.5. The number of aromatic nitrogens is 3. The summed E-state index contributed by atoms with van der Waals surface area (Å²) in [6.07, 6.45) is 3.04. The zero-order chi connectivity index (χ0) is 20.3. The van der Waals surface area contributed by atoms with Gasteiger partial charge in [-0.2, -0.15) is 10.4 Å². The van der Waals surface area contributed by atoms with E-state index in [0.717, 1.165) is 22.5 Å². The second-order valence-corrected chi connectivity index (χ2v) is 7.35. The van der Waals surface area contributed by atoms with Gasteiger partial charge in [0.15, 0.2) is 5.65 Å². The van der Waals surface area contributed by atoms with E-state index < -0.39 is 0 Å². The number of nitrogens with one attached hydrogen (secondary N) is 1. The summed E-state index contributed by atoms with van der Waals surface area (Å²) in [6.45, 7) is 4.31. The fourth-order valence-electron chi connectivity index (χ4n) is 3.14. The number of halogens is 2. The van der Waals surface area contributed by atoms with Gasteiger partial charge in [-0.15, -0.1) is 0 Å². The molecule has 0 aliphatic heterocycles. The second kappa shape index (κ2) is 8.59. The highest BCUT2D eigenvalue weighted by molar-refractivity contribution is 6.35. The second-order valence-electron chi connectivity index (χ2n) is 6.50. The SMILES string of the molecule is Cc1nc2c(C#N)cnn2c(C)c1CCC(=O)NCCc1ccc(Cl)cc1Cl. The monoisotopic (exact) mass is 415 g/mol. The van der Waals surface area contributed by atoms with Gasteiger partial charge >= 0.3 is 0 Å².